The zero-order valence-electron chi connectivity index (χ0n) is 12.0. The van der Waals surface area contributed by atoms with Crippen molar-refractivity contribution in [2.45, 2.75) is 26.3 Å². The van der Waals surface area contributed by atoms with E-state index in [0.29, 0.717) is 17.9 Å². The molecular formula is C14H10Br4NO4-. The summed E-state index contributed by atoms with van der Waals surface area (Å²) in [5, 5.41) is 11.5. The molecule has 0 fully saturated rings. The van der Waals surface area contributed by atoms with E-state index >= 15 is 0 Å². The number of nitrogens with zero attached hydrogens (tertiary/aromatic N) is 1. The Morgan fingerprint density at radius 3 is 1.65 bits per heavy atom. The largest absolute Gasteiger partial charge is 0.548 e. The zero-order chi connectivity index (χ0) is 17.6. The van der Waals surface area contributed by atoms with E-state index in [4.69, 9.17) is 0 Å². The van der Waals surface area contributed by atoms with E-state index in [1.165, 1.54) is 0 Å². The molecule has 1 heterocycles. The van der Waals surface area contributed by atoms with E-state index in [1.54, 1.807) is 0 Å². The quantitative estimate of drug-likeness (QED) is 0.313. The van der Waals surface area contributed by atoms with Gasteiger partial charge in [-0.25, -0.2) is 0 Å². The van der Waals surface area contributed by atoms with Crippen LogP contribution in [-0.4, -0.2) is 28.7 Å². The van der Waals surface area contributed by atoms with E-state index in [0.717, 1.165) is 4.90 Å². The molecule has 0 aromatic heterocycles. The number of carboxylic acids is 1. The van der Waals surface area contributed by atoms with E-state index < -0.39 is 23.8 Å². The summed E-state index contributed by atoms with van der Waals surface area (Å²) in [6.45, 7) is 3.63. The summed E-state index contributed by atoms with van der Waals surface area (Å²) in [5.41, 5.74) is 0.263. The molecule has 1 aromatic rings. The van der Waals surface area contributed by atoms with Crippen LogP contribution in [0.25, 0.3) is 0 Å². The molecule has 2 amide bonds. The Hall–Kier alpha value is -0.250. The number of benzene rings is 1. The molecule has 9 heteroatoms. The number of carbonyl (C=O) groups excluding carboxylic acids is 3. The number of halogens is 4. The minimum Gasteiger partial charge on any atom is -0.548 e. The summed E-state index contributed by atoms with van der Waals surface area (Å²) in [7, 11) is 0. The van der Waals surface area contributed by atoms with Gasteiger partial charge in [0.1, 0.15) is 0 Å². The number of carboxylic acid groups (broad SMARTS) is 1. The SMILES string of the molecule is CC(C)C[C@@H](C(=O)[O-])N1C(=O)c2c(Br)c(Br)c(Br)c(Br)c2C1=O. The fourth-order valence-corrected chi connectivity index (χ4v) is 4.86. The molecule has 5 nitrogen and oxygen atoms in total. The van der Waals surface area contributed by atoms with Crippen LogP contribution in [0.4, 0.5) is 0 Å². The third-order valence-electron chi connectivity index (χ3n) is 3.41. The number of hydrogen-bond donors (Lipinski definition) is 0. The van der Waals surface area contributed by atoms with Crippen molar-refractivity contribution in [1.82, 2.24) is 4.90 Å². The smallest absolute Gasteiger partial charge is 0.263 e. The highest BCUT2D eigenvalue weighted by Gasteiger charge is 2.44. The van der Waals surface area contributed by atoms with Gasteiger partial charge in [-0.15, -0.1) is 0 Å². The maximum absolute atomic E-state index is 12.7. The summed E-state index contributed by atoms with van der Waals surface area (Å²) in [4.78, 5) is 37.6. The lowest BCUT2D eigenvalue weighted by molar-refractivity contribution is -0.310. The van der Waals surface area contributed by atoms with Gasteiger partial charge in [-0.05, 0) is 76.1 Å². The molecule has 0 unspecified atom stereocenters. The number of aliphatic carboxylic acids is 1. The van der Waals surface area contributed by atoms with Crippen molar-refractivity contribution in [3.05, 3.63) is 29.0 Å². The van der Waals surface area contributed by atoms with Gasteiger partial charge in [0.25, 0.3) is 11.8 Å². The topological polar surface area (TPSA) is 77.5 Å². The van der Waals surface area contributed by atoms with Gasteiger partial charge in [-0.2, -0.15) is 0 Å². The van der Waals surface area contributed by atoms with Crippen molar-refractivity contribution < 1.29 is 19.5 Å². The van der Waals surface area contributed by atoms with E-state index in [9.17, 15) is 19.5 Å². The second-order valence-electron chi connectivity index (χ2n) is 5.45. The summed E-state index contributed by atoms with van der Waals surface area (Å²) >= 11 is 13.2. The second kappa shape index (κ2) is 6.93. The maximum Gasteiger partial charge on any atom is 0.263 e. The molecule has 1 aliphatic heterocycles. The lowest BCUT2D eigenvalue weighted by atomic mass is 10.0. The summed E-state index contributed by atoms with van der Waals surface area (Å²) < 4.78 is 1.90. The summed E-state index contributed by atoms with van der Waals surface area (Å²) in [5.74, 6) is -2.77. The van der Waals surface area contributed by atoms with E-state index in [-0.39, 0.29) is 23.5 Å². The first-order chi connectivity index (χ1) is 10.6. The highest BCUT2D eigenvalue weighted by atomic mass is 79.9. The van der Waals surface area contributed by atoms with Crippen molar-refractivity contribution >= 4 is 81.5 Å². The normalized spacial score (nSPS) is 15.3. The number of imide groups is 1. The standard InChI is InChI=1S/C14H11Br4NO4/c1-4(2)3-5(14(22)23)19-12(20)6-7(13(19)21)9(16)11(18)10(17)8(6)15/h4-5H,3H2,1-2H3,(H,22,23)/p-1/t5-/m0/s1. The van der Waals surface area contributed by atoms with Crippen LogP contribution < -0.4 is 5.11 Å². The minimum atomic E-state index is -1.45. The highest BCUT2D eigenvalue weighted by Crippen LogP contribution is 2.45. The molecule has 1 aliphatic rings. The molecule has 124 valence electrons. The molecule has 2 rings (SSSR count). The first-order valence-corrected chi connectivity index (χ1v) is 9.71. The van der Waals surface area contributed by atoms with Crippen molar-refractivity contribution in [3.63, 3.8) is 0 Å². The molecule has 0 N–H and O–H groups in total. The molecule has 0 saturated carbocycles. The monoisotopic (exact) mass is 572 g/mol. The molecule has 0 radical (unpaired) electrons. The molecule has 0 saturated heterocycles. The van der Waals surface area contributed by atoms with Crippen LogP contribution in [0.15, 0.2) is 17.9 Å². The number of hydrogen-bond acceptors (Lipinski definition) is 4. The van der Waals surface area contributed by atoms with Crippen LogP contribution in [0.5, 0.6) is 0 Å². The van der Waals surface area contributed by atoms with E-state index in [2.05, 4.69) is 63.7 Å². The fraction of sp³-hybridized carbons (Fsp3) is 0.357. The first-order valence-electron chi connectivity index (χ1n) is 6.54. The van der Waals surface area contributed by atoms with Gasteiger partial charge in [0.2, 0.25) is 0 Å². The Labute approximate surface area is 166 Å². The molecule has 23 heavy (non-hydrogen) atoms. The second-order valence-corrected chi connectivity index (χ2v) is 8.62. The first kappa shape index (κ1) is 19.1. The third kappa shape index (κ3) is 3.17. The lowest BCUT2D eigenvalue weighted by Crippen LogP contribution is -2.51. The van der Waals surface area contributed by atoms with Gasteiger partial charge in [0.05, 0.1) is 23.1 Å². The minimum absolute atomic E-state index is 0.0208. The van der Waals surface area contributed by atoms with Crippen LogP contribution >= 0.6 is 63.7 Å². The molecule has 0 bridgehead atoms. The van der Waals surface area contributed by atoms with Gasteiger partial charge in [0, 0.05) is 17.9 Å². The van der Waals surface area contributed by atoms with Crippen LogP contribution in [0.3, 0.4) is 0 Å². The Morgan fingerprint density at radius 2 is 1.35 bits per heavy atom. The van der Waals surface area contributed by atoms with Crippen molar-refractivity contribution in [2.24, 2.45) is 5.92 Å². The predicted molar refractivity (Wildman–Crippen MR) is 96.0 cm³/mol. The Kier molecular flexibility index (Phi) is 5.75. The third-order valence-corrected chi connectivity index (χ3v) is 8.18. The molecular weight excluding hydrogens is 566 g/mol. The summed E-state index contributed by atoms with van der Waals surface area (Å²) in [6.07, 6.45) is 0.130. The highest BCUT2D eigenvalue weighted by molar-refractivity contribution is 9.15. The Balaban J connectivity index is 2.64. The van der Waals surface area contributed by atoms with Gasteiger partial charge in [-0.3, -0.25) is 14.5 Å². The predicted octanol–water partition coefficient (Wildman–Crippen LogP) is 3.50. The van der Waals surface area contributed by atoms with Crippen LogP contribution in [0, 0.1) is 5.92 Å². The maximum atomic E-state index is 12.7. The van der Waals surface area contributed by atoms with Crippen LogP contribution in [0.1, 0.15) is 41.0 Å². The molecule has 0 spiro atoms. The Bertz CT molecular complexity index is 685. The number of rotatable bonds is 4. The number of amides is 2. The fourth-order valence-electron chi connectivity index (χ4n) is 2.40. The van der Waals surface area contributed by atoms with Gasteiger partial charge in [-0.1, -0.05) is 13.8 Å². The number of fused-ring (bicyclic) bond motifs is 1. The average molecular weight is 576 g/mol. The van der Waals surface area contributed by atoms with Crippen LogP contribution in [-0.2, 0) is 4.79 Å². The zero-order valence-corrected chi connectivity index (χ0v) is 18.3. The van der Waals surface area contributed by atoms with Gasteiger partial charge < -0.3 is 9.90 Å². The van der Waals surface area contributed by atoms with Crippen molar-refractivity contribution in [2.75, 3.05) is 0 Å². The van der Waals surface area contributed by atoms with Gasteiger partial charge in [0.15, 0.2) is 0 Å². The van der Waals surface area contributed by atoms with Crippen molar-refractivity contribution in [1.29, 1.82) is 0 Å². The number of carbonyl (C=O) groups is 3. The average Bonchev–Trinajstić information content (AvgIpc) is 2.71. The molecule has 0 aliphatic carbocycles. The molecule has 1 atom stereocenters. The summed E-state index contributed by atoms with van der Waals surface area (Å²) in [6, 6.07) is -1.31. The van der Waals surface area contributed by atoms with Crippen molar-refractivity contribution in [3.8, 4) is 0 Å². The lowest BCUT2D eigenvalue weighted by Gasteiger charge is -2.28. The molecule has 1 aromatic carbocycles. The van der Waals surface area contributed by atoms with Gasteiger partial charge >= 0.3 is 0 Å². The Morgan fingerprint density at radius 1 is 0.957 bits per heavy atom. The van der Waals surface area contributed by atoms with E-state index in [1.807, 2.05) is 13.8 Å². The van der Waals surface area contributed by atoms with Crippen LogP contribution in [0.2, 0.25) is 0 Å².